The van der Waals surface area contributed by atoms with Gasteiger partial charge in [-0.3, -0.25) is 0 Å². The Balaban J connectivity index is 2.06. The molecule has 0 aliphatic rings. The van der Waals surface area contributed by atoms with Crippen molar-refractivity contribution >= 4 is 23.2 Å². The van der Waals surface area contributed by atoms with E-state index in [-0.39, 0.29) is 0 Å². The third-order valence-electron chi connectivity index (χ3n) is 4.80. The highest BCUT2D eigenvalue weighted by Gasteiger charge is 2.44. The Bertz CT molecular complexity index is 659. The molecule has 1 nitrogen and oxygen atoms in total. The van der Waals surface area contributed by atoms with Crippen LogP contribution in [0.3, 0.4) is 0 Å². The SMILES string of the molecule is CCCCOCC[P+](c1ccccc1)(c1ccccc1)c1ccccc1. The fraction of sp³-hybridized carbons (Fsp3) is 0.250. The Morgan fingerprint density at radius 1 is 0.615 bits per heavy atom. The molecule has 0 N–H and O–H groups in total. The van der Waals surface area contributed by atoms with Gasteiger partial charge >= 0.3 is 0 Å². The first-order chi connectivity index (χ1) is 12.9. The predicted molar refractivity (Wildman–Crippen MR) is 116 cm³/mol. The van der Waals surface area contributed by atoms with Crippen molar-refractivity contribution in [2.75, 3.05) is 19.4 Å². The average Bonchev–Trinajstić information content (AvgIpc) is 2.73. The Labute approximate surface area is 158 Å². The summed E-state index contributed by atoms with van der Waals surface area (Å²) in [6.45, 7) is 3.86. The molecule has 3 aromatic carbocycles. The molecule has 134 valence electrons. The van der Waals surface area contributed by atoms with Crippen molar-refractivity contribution in [3.05, 3.63) is 91.0 Å². The number of unbranched alkanes of at least 4 members (excludes halogenated alkanes) is 1. The molecule has 0 saturated heterocycles. The van der Waals surface area contributed by atoms with Crippen molar-refractivity contribution in [3.63, 3.8) is 0 Å². The van der Waals surface area contributed by atoms with Gasteiger partial charge in [0.25, 0.3) is 0 Å². The van der Waals surface area contributed by atoms with Gasteiger partial charge in [-0.15, -0.1) is 0 Å². The maximum absolute atomic E-state index is 6.02. The van der Waals surface area contributed by atoms with Crippen LogP contribution in [-0.2, 0) is 4.74 Å². The molecule has 0 bridgehead atoms. The predicted octanol–water partition coefficient (Wildman–Crippen LogP) is 4.80. The summed E-state index contributed by atoms with van der Waals surface area (Å²) < 4.78 is 6.02. The second-order valence-electron chi connectivity index (χ2n) is 6.51. The smallest absolute Gasteiger partial charge is 0.114 e. The fourth-order valence-corrected chi connectivity index (χ4v) is 7.55. The molecule has 0 amide bonds. The second-order valence-corrected chi connectivity index (χ2v) is 10.1. The molecule has 0 spiro atoms. The lowest BCUT2D eigenvalue weighted by Gasteiger charge is -2.27. The minimum absolute atomic E-state index is 0.798. The monoisotopic (exact) mass is 363 g/mol. The highest BCUT2D eigenvalue weighted by Crippen LogP contribution is 2.54. The highest BCUT2D eigenvalue weighted by atomic mass is 31.2. The summed E-state index contributed by atoms with van der Waals surface area (Å²) in [4.78, 5) is 0. The van der Waals surface area contributed by atoms with Gasteiger partial charge in [0.15, 0.2) is 0 Å². The minimum Gasteiger partial charge on any atom is -0.378 e. The van der Waals surface area contributed by atoms with E-state index in [0.29, 0.717) is 0 Å². The van der Waals surface area contributed by atoms with Crippen molar-refractivity contribution < 1.29 is 4.74 Å². The lowest BCUT2D eigenvalue weighted by molar-refractivity contribution is 0.146. The van der Waals surface area contributed by atoms with E-state index in [9.17, 15) is 0 Å². The van der Waals surface area contributed by atoms with Crippen molar-refractivity contribution in [2.24, 2.45) is 0 Å². The molecule has 3 rings (SSSR count). The Morgan fingerprint density at radius 3 is 1.42 bits per heavy atom. The van der Waals surface area contributed by atoms with Crippen LogP contribution in [0.4, 0.5) is 0 Å². The van der Waals surface area contributed by atoms with Crippen molar-refractivity contribution in [1.29, 1.82) is 0 Å². The first-order valence-electron chi connectivity index (χ1n) is 9.50. The fourth-order valence-electron chi connectivity index (χ4n) is 3.43. The molecular weight excluding hydrogens is 335 g/mol. The molecule has 0 unspecified atom stereocenters. The van der Waals surface area contributed by atoms with E-state index < -0.39 is 7.26 Å². The lowest BCUT2D eigenvalue weighted by atomic mass is 10.4. The molecular formula is C24H28OP+. The van der Waals surface area contributed by atoms with Crippen LogP contribution in [0.5, 0.6) is 0 Å². The van der Waals surface area contributed by atoms with Crippen molar-refractivity contribution in [2.45, 2.75) is 19.8 Å². The van der Waals surface area contributed by atoms with Crippen LogP contribution in [0.2, 0.25) is 0 Å². The summed E-state index contributed by atoms with van der Waals surface area (Å²) in [5, 5.41) is 4.28. The molecule has 0 radical (unpaired) electrons. The molecule has 0 aromatic heterocycles. The summed E-state index contributed by atoms with van der Waals surface area (Å²) in [7, 11) is -1.73. The topological polar surface area (TPSA) is 9.23 Å². The number of rotatable bonds is 9. The number of benzene rings is 3. The Morgan fingerprint density at radius 2 is 1.04 bits per heavy atom. The van der Waals surface area contributed by atoms with Crippen LogP contribution in [0.25, 0.3) is 0 Å². The van der Waals surface area contributed by atoms with Crippen LogP contribution in [-0.4, -0.2) is 19.4 Å². The zero-order chi connectivity index (χ0) is 18.1. The van der Waals surface area contributed by atoms with Crippen LogP contribution in [0.15, 0.2) is 91.0 Å². The second kappa shape index (κ2) is 9.67. The molecule has 0 fully saturated rings. The van der Waals surface area contributed by atoms with Gasteiger partial charge < -0.3 is 4.74 Å². The van der Waals surface area contributed by atoms with Crippen LogP contribution in [0, 0.1) is 0 Å². The van der Waals surface area contributed by atoms with E-state index in [1.165, 1.54) is 22.3 Å². The molecule has 2 heteroatoms. The first kappa shape index (κ1) is 18.8. The molecule has 0 heterocycles. The summed E-state index contributed by atoms with van der Waals surface area (Å²) in [5.74, 6) is 0. The molecule has 0 aliphatic heterocycles. The standard InChI is InChI=1S/C24H28OP/c1-2-3-19-25-20-21-26(22-13-7-4-8-14-22,23-15-9-5-10-16-23)24-17-11-6-12-18-24/h4-18H,2-3,19-21H2,1H3/q+1. The summed E-state index contributed by atoms with van der Waals surface area (Å²) in [6.07, 6.45) is 3.35. The zero-order valence-corrected chi connectivity index (χ0v) is 16.4. The minimum atomic E-state index is -1.73. The normalized spacial score (nSPS) is 11.4. The maximum Gasteiger partial charge on any atom is 0.114 e. The number of hydrogen-bond acceptors (Lipinski definition) is 1. The maximum atomic E-state index is 6.02. The van der Waals surface area contributed by atoms with Gasteiger partial charge in [-0.1, -0.05) is 67.9 Å². The molecule has 0 atom stereocenters. The van der Waals surface area contributed by atoms with Gasteiger partial charge in [-0.05, 0) is 42.8 Å². The van der Waals surface area contributed by atoms with E-state index in [1.54, 1.807) is 0 Å². The quantitative estimate of drug-likeness (QED) is 0.392. The zero-order valence-electron chi connectivity index (χ0n) is 15.6. The van der Waals surface area contributed by atoms with Gasteiger partial charge in [-0.2, -0.15) is 0 Å². The number of ether oxygens (including phenoxy) is 1. The number of hydrogen-bond donors (Lipinski definition) is 0. The third-order valence-corrected chi connectivity index (χ3v) is 9.20. The largest absolute Gasteiger partial charge is 0.378 e. The van der Waals surface area contributed by atoms with Crippen molar-refractivity contribution in [3.8, 4) is 0 Å². The molecule has 26 heavy (non-hydrogen) atoms. The molecule has 0 aliphatic carbocycles. The van der Waals surface area contributed by atoms with E-state index in [4.69, 9.17) is 4.74 Å². The van der Waals surface area contributed by atoms with E-state index >= 15 is 0 Å². The van der Waals surface area contributed by atoms with Gasteiger partial charge in [-0.25, -0.2) is 0 Å². The third kappa shape index (κ3) is 4.23. The Kier molecular flexibility index (Phi) is 7.00. The van der Waals surface area contributed by atoms with Gasteiger partial charge in [0.1, 0.15) is 23.2 Å². The Hall–Kier alpha value is -1.95. The first-order valence-corrected chi connectivity index (χ1v) is 11.5. The van der Waals surface area contributed by atoms with Crippen LogP contribution in [0.1, 0.15) is 19.8 Å². The van der Waals surface area contributed by atoms with Crippen molar-refractivity contribution in [1.82, 2.24) is 0 Å². The lowest BCUT2D eigenvalue weighted by Crippen LogP contribution is -2.34. The van der Waals surface area contributed by atoms with E-state index in [0.717, 1.165) is 25.8 Å². The highest BCUT2D eigenvalue weighted by molar-refractivity contribution is 7.95. The van der Waals surface area contributed by atoms with Gasteiger partial charge in [0.2, 0.25) is 0 Å². The average molecular weight is 363 g/mol. The molecule has 0 saturated carbocycles. The summed E-state index contributed by atoms with van der Waals surface area (Å²) in [5.41, 5.74) is 0. The summed E-state index contributed by atoms with van der Waals surface area (Å²) in [6, 6.07) is 33.0. The van der Waals surface area contributed by atoms with Gasteiger partial charge in [0, 0.05) is 6.61 Å². The summed E-state index contributed by atoms with van der Waals surface area (Å²) >= 11 is 0. The van der Waals surface area contributed by atoms with E-state index in [1.807, 2.05) is 0 Å². The van der Waals surface area contributed by atoms with Crippen LogP contribution >= 0.6 is 7.26 Å². The van der Waals surface area contributed by atoms with Crippen LogP contribution < -0.4 is 15.9 Å². The van der Waals surface area contributed by atoms with Gasteiger partial charge in [0.05, 0.1) is 12.8 Å². The van der Waals surface area contributed by atoms with E-state index in [2.05, 4.69) is 97.9 Å². The molecule has 3 aromatic rings.